The third kappa shape index (κ3) is 10.4. The van der Waals surface area contributed by atoms with Crippen LogP contribution < -0.4 is 10.6 Å². The molecule has 0 unspecified atom stereocenters. The Hall–Kier alpha value is -2.38. The van der Waals surface area contributed by atoms with Gasteiger partial charge in [0.2, 0.25) is 11.8 Å². The zero-order valence-corrected chi connectivity index (χ0v) is 13.0. The van der Waals surface area contributed by atoms with Gasteiger partial charge in [-0.2, -0.15) is 0 Å². The van der Waals surface area contributed by atoms with Gasteiger partial charge in [-0.05, 0) is 6.42 Å². The first-order valence-electron chi connectivity index (χ1n) is 6.84. The molecule has 0 aliphatic heterocycles. The van der Waals surface area contributed by atoms with Gasteiger partial charge in [0.1, 0.15) is 0 Å². The second-order valence-electron chi connectivity index (χ2n) is 4.60. The summed E-state index contributed by atoms with van der Waals surface area (Å²) in [6, 6.07) is 0. The van der Waals surface area contributed by atoms with Crippen molar-refractivity contribution in [2.75, 3.05) is 26.8 Å². The number of hydrogen-bond donors (Lipinski definition) is 2. The zero-order valence-electron chi connectivity index (χ0n) is 13.0. The van der Waals surface area contributed by atoms with Crippen molar-refractivity contribution in [3.8, 4) is 0 Å². The van der Waals surface area contributed by atoms with Gasteiger partial charge in [-0.3, -0.25) is 9.59 Å². The minimum atomic E-state index is -0.666. The van der Waals surface area contributed by atoms with E-state index in [0.717, 1.165) is 12.2 Å². The van der Waals surface area contributed by atoms with Crippen molar-refractivity contribution in [1.82, 2.24) is 10.6 Å². The number of nitrogens with one attached hydrogen (secondary N) is 2. The number of amides is 2. The molecule has 0 aromatic rings. The molecule has 2 amide bonds. The molecule has 0 radical (unpaired) electrons. The summed E-state index contributed by atoms with van der Waals surface area (Å²) in [5, 5.41) is 5.06. The van der Waals surface area contributed by atoms with Crippen LogP contribution in [0.2, 0.25) is 0 Å². The van der Waals surface area contributed by atoms with E-state index >= 15 is 0 Å². The molecule has 22 heavy (non-hydrogen) atoms. The third-order valence-corrected chi connectivity index (χ3v) is 2.39. The van der Waals surface area contributed by atoms with Crippen LogP contribution in [-0.2, 0) is 28.7 Å². The van der Waals surface area contributed by atoms with Crippen LogP contribution in [0.4, 0.5) is 0 Å². The lowest BCUT2D eigenvalue weighted by Gasteiger charge is -2.08. The van der Waals surface area contributed by atoms with E-state index in [2.05, 4.69) is 15.4 Å². The first-order chi connectivity index (χ1) is 10.4. The van der Waals surface area contributed by atoms with Gasteiger partial charge >= 0.3 is 11.9 Å². The fourth-order valence-electron chi connectivity index (χ4n) is 1.16. The molecule has 8 heteroatoms. The van der Waals surface area contributed by atoms with Crippen LogP contribution in [0.15, 0.2) is 12.2 Å². The Bertz CT molecular complexity index is 431. The minimum absolute atomic E-state index is 0.0847. The molecule has 0 aliphatic carbocycles. The fraction of sp³-hybridized carbons (Fsp3) is 0.571. The Morgan fingerprint density at radius 1 is 1.05 bits per heavy atom. The van der Waals surface area contributed by atoms with Gasteiger partial charge in [-0.1, -0.05) is 13.8 Å². The van der Waals surface area contributed by atoms with Crippen molar-refractivity contribution in [2.24, 2.45) is 5.92 Å². The summed E-state index contributed by atoms with van der Waals surface area (Å²) in [6.45, 7) is 3.79. The van der Waals surface area contributed by atoms with E-state index in [1.54, 1.807) is 13.8 Å². The molecule has 0 heterocycles. The summed E-state index contributed by atoms with van der Waals surface area (Å²) in [4.78, 5) is 44.5. The highest BCUT2D eigenvalue weighted by atomic mass is 16.5. The summed E-state index contributed by atoms with van der Waals surface area (Å²) < 4.78 is 9.11. The van der Waals surface area contributed by atoms with Crippen LogP contribution in [0.25, 0.3) is 0 Å². The topological polar surface area (TPSA) is 111 Å². The maximum absolute atomic E-state index is 11.4. The van der Waals surface area contributed by atoms with Crippen molar-refractivity contribution >= 4 is 23.8 Å². The summed E-state index contributed by atoms with van der Waals surface area (Å²) in [6.07, 6.45) is 2.34. The van der Waals surface area contributed by atoms with Gasteiger partial charge in [-0.25, -0.2) is 9.59 Å². The Balaban J connectivity index is 3.66. The largest absolute Gasteiger partial charge is 0.466 e. The van der Waals surface area contributed by atoms with Gasteiger partial charge < -0.3 is 20.1 Å². The number of methoxy groups -OCH3 is 1. The van der Waals surface area contributed by atoms with Crippen LogP contribution in [0.1, 0.15) is 20.3 Å². The molecule has 0 rings (SSSR count). The number of rotatable bonds is 9. The molecular formula is C14H22N2O6. The van der Waals surface area contributed by atoms with Crippen LogP contribution in [-0.4, -0.2) is 50.6 Å². The SMILES string of the molecule is COC(=O)C=CC(=O)OCCCNC(=O)CNC(=O)C(C)C. The molecule has 2 N–H and O–H groups in total. The van der Waals surface area contributed by atoms with Crippen molar-refractivity contribution in [3.63, 3.8) is 0 Å². The Labute approximate surface area is 129 Å². The molecule has 0 saturated heterocycles. The summed E-state index contributed by atoms with van der Waals surface area (Å²) in [7, 11) is 1.20. The molecule has 0 fully saturated rings. The summed E-state index contributed by atoms with van der Waals surface area (Å²) in [5.74, 6) is -1.99. The quantitative estimate of drug-likeness (QED) is 0.338. The first-order valence-corrected chi connectivity index (χ1v) is 6.84. The minimum Gasteiger partial charge on any atom is -0.466 e. The predicted molar refractivity (Wildman–Crippen MR) is 77.6 cm³/mol. The van der Waals surface area contributed by atoms with E-state index in [1.165, 1.54) is 7.11 Å². The summed E-state index contributed by atoms with van der Waals surface area (Å²) in [5.41, 5.74) is 0. The van der Waals surface area contributed by atoms with E-state index in [-0.39, 0.29) is 30.9 Å². The van der Waals surface area contributed by atoms with Crippen LogP contribution in [0, 0.1) is 5.92 Å². The number of hydrogen-bond acceptors (Lipinski definition) is 6. The van der Waals surface area contributed by atoms with Crippen molar-refractivity contribution in [3.05, 3.63) is 12.2 Å². The molecular weight excluding hydrogens is 292 g/mol. The van der Waals surface area contributed by atoms with E-state index in [4.69, 9.17) is 4.74 Å². The van der Waals surface area contributed by atoms with Gasteiger partial charge in [0.15, 0.2) is 0 Å². The monoisotopic (exact) mass is 314 g/mol. The fourth-order valence-corrected chi connectivity index (χ4v) is 1.16. The van der Waals surface area contributed by atoms with Crippen molar-refractivity contribution < 1.29 is 28.7 Å². The number of carbonyl (C=O) groups excluding carboxylic acids is 4. The number of carbonyl (C=O) groups is 4. The lowest BCUT2D eigenvalue weighted by molar-refractivity contribution is -0.139. The molecule has 8 nitrogen and oxygen atoms in total. The van der Waals surface area contributed by atoms with E-state index in [1.807, 2.05) is 0 Å². The molecule has 124 valence electrons. The average molecular weight is 314 g/mol. The predicted octanol–water partition coefficient (Wildman–Crippen LogP) is -0.463. The normalized spacial score (nSPS) is 10.4. The van der Waals surface area contributed by atoms with Crippen molar-refractivity contribution in [1.29, 1.82) is 0 Å². The Kier molecular flexibility index (Phi) is 10.1. The highest BCUT2D eigenvalue weighted by molar-refractivity contribution is 5.91. The molecule has 0 aromatic carbocycles. The first kappa shape index (κ1) is 19.6. The lowest BCUT2D eigenvalue weighted by Crippen LogP contribution is -2.39. The maximum atomic E-state index is 11.4. The molecule has 0 saturated carbocycles. The number of esters is 2. The highest BCUT2D eigenvalue weighted by Gasteiger charge is 2.08. The van der Waals surface area contributed by atoms with E-state index in [9.17, 15) is 19.2 Å². The third-order valence-electron chi connectivity index (χ3n) is 2.39. The van der Waals surface area contributed by atoms with Gasteiger partial charge in [0, 0.05) is 24.6 Å². The van der Waals surface area contributed by atoms with E-state index < -0.39 is 11.9 Å². The molecule has 0 spiro atoms. The van der Waals surface area contributed by atoms with E-state index in [0.29, 0.717) is 13.0 Å². The number of ether oxygens (including phenoxy) is 2. The van der Waals surface area contributed by atoms with Gasteiger partial charge in [0.25, 0.3) is 0 Å². The Morgan fingerprint density at radius 2 is 1.68 bits per heavy atom. The van der Waals surface area contributed by atoms with Gasteiger partial charge in [-0.15, -0.1) is 0 Å². The standard InChI is InChI=1S/C14H22N2O6/c1-10(2)14(20)16-9-11(17)15-7-4-8-22-13(19)6-5-12(18)21-3/h5-6,10H,4,7-9H2,1-3H3,(H,15,17)(H,16,20). The molecule has 0 aliphatic rings. The second-order valence-corrected chi connectivity index (χ2v) is 4.60. The van der Waals surface area contributed by atoms with Gasteiger partial charge in [0.05, 0.1) is 20.3 Å². The Morgan fingerprint density at radius 3 is 2.27 bits per heavy atom. The van der Waals surface area contributed by atoms with Crippen LogP contribution in [0.5, 0.6) is 0 Å². The second kappa shape index (κ2) is 11.3. The average Bonchev–Trinajstić information content (AvgIpc) is 2.49. The maximum Gasteiger partial charge on any atom is 0.331 e. The smallest absolute Gasteiger partial charge is 0.331 e. The molecule has 0 bridgehead atoms. The summed E-state index contributed by atoms with van der Waals surface area (Å²) >= 11 is 0. The van der Waals surface area contributed by atoms with Crippen LogP contribution >= 0.6 is 0 Å². The zero-order chi connectivity index (χ0) is 17.0. The van der Waals surface area contributed by atoms with Crippen LogP contribution in [0.3, 0.4) is 0 Å². The lowest BCUT2D eigenvalue weighted by atomic mass is 10.2. The molecule has 0 atom stereocenters. The van der Waals surface area contributed by atoms with Crippen molar-refractivity contribution in [2.45, 2.75) is 20.3 Å². The molecule has 0 aromatic heterocycles. The highest BCUT2D eigenvalue weighted by Crippen LogP contribution is 1.89.